The van der Waals surface area contributed by atoms with Gasteiger partial charge in [0, 0.05) is 16.7 Å². The lowest BCUT2D eigenvalue weighted by atomic mass is 9.94. The topological polar surface area (TPSA) is 59.0 Å². The first-order valence-corrected chi connectivity index (χ1v) is 7.68. The Bertz CT molecular complexity index is 947. The van der Waals surface area contributed by atoms with Gasteiger partial charge < -0.3 is 4.84 Å². The van der Waals surface area contributed by atoms with Gasteiger partial charge in [-0.2, -0.15) is 0 Å². The van der Waals surface area contributed by atoms with Crippen molar-refractivity contribution in [3.05, 3.63) is 64.7 Å². The third kappa shape index (κ3) is 2.31. The Morgan fingerprint density at radius 3 is 2.56 bits per heavy atom. The van der Waals surface area contributed by atoms with Crippen LogP contribution in [0.25, 0.3) is 0 Å². The van der Waals surface area contributed by atoms with Crippen LogP contribution in [0, 0.1) is 17.6 Å². The van der Waals surface area contributed by atoms with E-state index in [1.165, 1.54) is 0 Å². The van der Waals surface area contributed by atoms with Crippen molar-refractivity contribution in [2.45, 2.75) is 6.10 Å². The Morgan fingerprint density at radius 2 is 1.84 bits per heavy atom. The molecule has 1 saturated heterocycles. The number of amides is 2. The molecule has 8 heteroatoms. The van der Waals surface area contributed by atoms with Crippen LogP contribution in [-0.2, 0) is 14.4 Å². The predicted molar refractivity (Wildman–Crippen MR) is 85.2 cm³/mol. The molecule has 0 spiro atoms. The fourth-order valence-corrected chi connectivity index (χ4v) is 3.20. The maximum absolute atomic E-state index is 14.0. The largest absolute Gasteiger partial charge is 0.381 e. The maximum atomic E-state index is 14.0. The van der Waals surface area contributed by atoms with Crippen molar-refractivity contribution in [1.82, 2.24) is 0 Å². The highest BCUT2D eigenvalue weighted by Crippen LogP contribution is 2.37. The lowest BCUT2D eigenvalue weighted by Crippen LogP contribution is -2.34. The average molecular weight is 363 g/mol. The van der Waals surface area contributed by atoms with E-state index in [0.29, 0.717) is 21.6 Å². The van der Waals surface area contributed by atoms with Crippen molar-refractivity contribution in [3.8, 4) is 0 Å². The third-order valence-corrected chi connectivity index (χ3v) is 4.44. The van der Waals surface area contributed by atoms with E-state index < -0.39 is 35.5 Å². The first kappa shape index (κ1) is 15.7. The van der Waals surface area contributed by atoms with Crippen molar-refractivity contribution < 1.29 is 23.2 Å². The molecule has 4 rings (SSSR count). The van der Waals surface area contributed by atoms with E-state index in [0.717, 1.165) is 12.1 Å². The van der Waals surface area contributed by atoms with Crippen LogP contribution in [0.15, 0.2) is 47.6 Å². The molecule has 0 bridgehead atoms. The van der Waals surface area contributed by atoms with Gasteiger partial charge in [0.1, 0.15) is 23.3 Å². The normalized spacial score (nSPS) is 22.0. The summed E-state index contributed by atoms with van der Waals surface area (Å²) in [7, 11) is 0. The average Bonchev–Trinajstić information content (AvgIpc) is 3.10. The lowest BCUT2D eigenvalue weighted by molar-refractivity contribution is -0.126. The van der Waals surface area contributed by atoms with Gasteiger partial charge in [-0.05, 0) is 18.2 Å². The Hall–Kier alpha value is -2.80. The summed E-state index contributed by atoms with van der Waals surface area (Å²) >= 11 is 6.13. The molecule has 2 aromatic carbocycles. The molecule has 25 heavy (non-hydrogen) atoms. The van der Waals surface area contributed by atoms with Crippen LogP contribution in [0.1, 0.15) is 5.56 Å². The van der Waals surface area contributed by atoms with Crippen molar-refractivity contribution in [1.29, 1.82) is 0 Å². The summed E-state index contributed by atoms with van der Waals surface area (Å²) in [4.78, 5) is 31.1. The molecule has 0 aromatic heterocycles. The smallest absolute Gasteiger partial charge is 0.279 e. The monoisotopic (exact) mass is 362 g/mol. The number of benzene rings is 2. The fourth-order valence-electron chi connectivity index (χ4n) is 2.97. The van der Waals surface area contributed by atoms with Gasteiger partial charge in [0.2, 0.25) is 12.0 Å². The molecule has 1 fully saturated rings. The minimum Gasteiger partial charge on any atom is -0.381 e. The lowest BCUT2D eigenvalue weighted by Gasteiger charge is -2.16. The predicted octanol–water partition coefficient (Wildman–Crippen LogP) is 2.91. The Balaban J connectivity index is 1.75. The number of carbonyl (C=O) groups is 2. The number of imide groups is 1. The molecule has 2 aliphatic rings. The zero-order valence-corrected chi connectivity index (χ0v) is 13.2. The van der Waals surface area contributed by atoms with Crippen molar-refractivity contribution in [2.24, 2.45) is 11.1 Å². The van der Waals surface area contributed by atoms with Gasteiger partial charge in [0.25, 0.3) is 5.91 Å². The first-order valence-electron chi connectivity index (χ1n) is 7.30. The van der Waals surface area contributed by atoms with Gasteiger partial charge >= 0.3 is 0 Å². The summed E-state index contributed by atoms with van der Waals surface area (Å²) in [5.41, 5.74) is 0.339. The molecule has 2 aromatic rings. The molecule has 0 aliphatic carbocycles. The maximum Gasteiger partial charge on any atom is 0.279 e. The van der Waals surface area contributed by atoms with E-state index in [2.05, 4.69) is 5.16 Å². The van der Waals surface area contributed by atoms with E-state index in [1.54, 1.807) is 24.3 Å². The fraction of sp³-hybridized carbons (Fsp3) is 0.118. The van der Waals surface area contributed by atoms with Gasteiger partial charge in [0.15, 0.2) is 0 Å². The second kappa shape index (κ2) is 5.63. The molecule has 2 atom stereocenters. The first-order chi connectivity index (χ1) is 12.0. The molecule has 126 valence electrons. The second-order valence-electron chi connectivity index (χ2n) is 5.57. The van der Waals surface area contributed by atoms with Crippen molar-refractivity contribution >= 4 is 34.8 Å². The molecule has 5 nitrogen and oxygen atoms in total. The summed E-state index contributed by atoms with van der Waals surface area (Å²) in [6.45, 7) is 0. The number of hydrogen-bond donors (Lipinski definition) is 0. The summed E-state index contributed by atoms with van der Waals surface area (Å²) < 4.78 is 27.1. The van der Waals surface area contributed by atoms with Crippen LogP contribution in [0.5, 0.6) is 0 Å². The van der Waals surface area contributed by atoms with Crippen LogP contribution in [0.4, 0.5) is 14.5 Å². The van der Waals surface area contributed by atoms with E-state index in [4.69, 9.17) is 16.4 Å². The number of anilines is 1. The quantitative estimate of drug-likeness (QED) is 0.772. The van der Waals surface area contributed by atoms with Crippen LogP contribution in [0.3, 0.4) is 0 Å². The Labute approximate surface area is 145 Å². The van der Waals surface area contributed by atoms with Gasteiger partial charge in [-0.1, -0.05) is 35.0 Å². The summed E-state index contributed by atoms with van der Waals surface area (Å²) in [5.74, 6) is -4.31. The summed E-state index contributed by atoms with van der Waals surface area (Å²) in [5, 5.41) is 4.17. The highest BCUT2D eigenvalue weighted by atomic mass is 35.5. The zero-order valence-electron chi connectivity index (χ0n) is 12.4. The number of fused-ring (bicyclic) bond motifs is 1. The second-order valence-corrected chi connectivity index (χ2v) is 5.97. The standard InChI is InChI=1S/C17H9ClF2N2O3/c18-10-4-2-1-3-9(10)14-13-15(25-21-14)17(24)22(16(13)23)12-6-5-8(19)7-11(12)20/h1-7,13,15H/t13-,15-/m0/s1. The molecule has 0 unspecified atom stereocenters. The summed E-state index contributed by atoms with van der Waals surface area (Å²) in [6, 6.07) is 9.28. The minimum absolute atomic E-state index is 0.207. The Kier molecular flexibility index (Phi) is 3.54. The number of nitrogens with zero attached hydrogens (tertiary/aromatic N) is 2. The van der Waals surface area contributed by atoms with Crippen molar-refractivity contribution in [3.63, 3.8) is 0 Å². The van der Waals surface area contributed by atoms with Crippen LogP contribution in [-0.4, -0.2) is 23.6 Å². The van der Waals surface area contributed by atoms with Gasteiger partial charge in [-0.15, -0.1) is 0 Å². The minimum atomic E-state index is -1.19. The molecule has 2 heterocycles. The molecular weight excluding hydrogens is 354 g/mol. The third-order valence-electron chi connectivity index (χ3n) is 4.11. The number of rotatable bonds is 2. The zero-order chi connectivity index (χ0) is 17.7. The highest BCUT2D eigenvalue weighted by molar-refractivity contribution is 6.38. The molecule has 2 aliphatic heterocycles. The van der Waals surface area contributed by atoms with Crippen LogP contribution < -0.4 is 4.90 Å². The van der Waals surface area contributed by atoms with E-state index in [1.807, 2.05) is 0 Å². The van der Waals surface area contributed by atoms with Crippen LogP contribution >= 0.6 is 11.6 Å². The van der Waals surface area contributed by atoms with Gasteiger partial charge in [0.05, 0.1) is 5.69 Å². The molecule has 0 N–H and O–H groups in total. The number of halogens is 3. The molecular formula is C17H9ClF2N2O3. The van der Waals surface area contributed by atoms with Gasteiger partial charge in [-0.25, -0.2) is 13.7 Å². The molecule has 0 radical (unpaired) electrons. The van der Waals surface area contributed by atoms with Gasteiger partial charge in [-0.3, -0.25) is 9.59 Å². The van der Waals surface area contributed by atoms with Crippen LogP contribution in [0.2, 0.25) is 5.02 Å². The van der Waals surface area contributed by atoms with E-state index in [-0.39, 0.29) is 11.4 Å². The SMILES string of the molecule is O=C1[C@H]2C(c3ccccc3Cl)=NO[C@@H]2C(=O)N1c1ccc(F)cc1F. The summed E-state index contributed by atoms with van der Waals surface area (Å²) in [6.07, 6.45) is -1.19. The number of hydrogen-bond acceptors (Lipinski definition) is 4. The van der Waals surface area contributed by atoms with E-state index >= 15 is 0 Å². The number of carbonyl (C=O) groups excluding carboxylic acids is 2. The van der Waals surface area contributed by atoms with E-state index in [9.17, 15) is 18.4 Å². The Morgan fingerprint density at radius 1 is 1.08 bits per heavy atom. The number of oxime groups is 1. The molecule has 2 amide bonds. The highest BCUT2D eigenvalue weighted by Gasteiger charge is 2.56. The molecule has 0 saturated carbocycles. The van der Waals surface area contributed by atoms with Crippen molar-refractivity contribution in [2.75, 3.05) is 4.90 Å².